The van der Waals surface area contributed by atoms with Crippen molar-refractivity contribution in [3.63, 3.8) is 0 Å². The molecule has 1 aromatic heterocycles. The summed E-state index contributed by atoms with van der Waals surface area (Å²) in [5.41, 5.74) is 1.35. The molecule has 1 N–H and O–H groups in total. The number of nitrogens with zero attached hydrogens (tertiary/aromatic N) is 2. The fraction of sp³-hybridized carbons (Fsp3) is 0.708. The Hall–Kier alpha value is -1.63. The van der Waals surface area contributed by atoms with Gasteiger partial charge in [0.15, 0.2) is 0 Å². The summed E-state index contributed by atoms with van der Waals surface area (Å²) in [6.07, 6.45) is 10.7. The molecule has 0 aromatic carbocycles. The summed E-state index contributed by atoms with van der Waals surface area (Å²) in [5.74, 6) is 1.35. The number of rotatable bonds is 7. The zero-order valence-electron chi connectivity index (χ0n) is 18.4. The third-order valence-corrected chi connectivity index (χ3v) is 6.91. The van der Waals surface area contributed by atoms with Crippen LogP contribution in [0.3, 0.4) is 0 Å². The van der Waals surface area contributed by atoms with E-state index in [9.17, 15) is 4.79 Å². The number of furan rings is 1. The summed E-state index contributed by atoms with van der Waals surface area (Å²) >= 11 is 0. The van der Waals surface area contributed by atoms with Gasteiger partial charge < -0.3 is 19.4 Å². The molecule has 0 bridgehead atoms. The van der Waals surface area contributed by atoms with Crippen LogP contribution in [0.5, 0.6) is 0 Å². The highest BCUT2D eigenvalue weighted by Crippen LogP contribution is 2.25. The molecule has 3 aliphatic heterocycles. The number of piperidine rings is 2. The zero-order valence-corrected chi connectivity index (χ0v) is 18.4. The van der Waals surface area contributed by atoms with Gasteiger partial charge in [0.25, 0.3) is 0 Å². The number of carbonyl (C=O) groups is 1. The zero-order chi connectivity index (χ0) is 20.8. The van der Waals surface area contributed by atoms with Gasteiger partial charge in [-0.1, -0.05) is 5.57 Å². The number of nitrogens with one attached hydrogen (secondary N) is 1. The van der Waals surface area contributed by atoms with E-state index in [1.54, 1.807) is 6.26 Å². The van der Waals surface area contributed by atoms with Crippen molar-refractivity contribution in [3.8, 4) is 0 Å². The number of hydrogen-bond acceptors (Lipinski definition) is 5. The van der Waals surface area contributed by atoms with Gasteiger partial charge >= 0.3 is 0 Å². The molecule has 3 aliphatic rings. The molecule has 1 amide bonds. The standard InChI is InChI=1S/C24H37N3O3/c1-19(16-22-4-2-14-29-22)18-26-10-8-21(9-11-26)27-12-6-20(7-13-27)24(28)25-17-23-5-3-15-30-23/h2,4,14,16,20-21,23H,3,5-13,15,17-18H2,1H3,(H,25,28)/b19-16+/t23-/m0/s1. The van der Waals surface area contributed by atoms with E-state index >= 15 is 0 Å². The molecule has 1 atom stereocenters. The van der Waals surface area contributed by atoms with Gasteiger partial charge in [0.1, 0.15) is 5.76 Å². The van der Waals surface area contributed by atoms with Crippen LogP contribution in [0.15, 0.2) is 28.4 Å². The average Bonchev–Trinajstić information content (AvgIpc) is 3.47. The molecule has 0 spiro atoms. The molecule has 0 aliphatic carbocycles. The lowest BCUT2D eigenvalue weighted by Gasteiger charge is -2.41. The van der Waals surface area contributed by atoms with E-state index in [0.717, 1.165) is 70.8 Å². The Kier molecular flexibility index (Phi) is 7.63. The highest BCUT2D eigenvalue weighted by atomic mass is 16.5. The molecule has 6 heteroatoms. The Morgan fingerprint density at radius 1 is 1.17 bits per heavy atom. The topological polar surface area (TPSA) is 58.0 Å². The number of ether oxygens (including phenoxy) is 1. The second kappa shape index (κ2) is 10.6. The van der Waals surface area contributed by atoms with Gasteiger partial charge in [-0.3, -0.25) is 9.69 Å². The molecule has 30 heavy (non-hydrogen) atoms. The van der Waals surface area contributed by atoms with E-state index in [4.69, 9.17) is 9.15 Å². The first-order valence-electron chi connectivity index (χ1n) is 11.7. The van der Waals surface area contributed by atoms with Crippen LogP contribution in [-0.2, 0) is 9.53 Å². The Bertz CT molecular complexity index is 681. The number of amides is 1. The van der Waals surface area contributed by atoms with Gasteiger partial charge in [0.2, 0.25) is 5.91 Å². The van der Waals surface area contributed by atoms with Crippen molar-refractivity contribution < 1.29 is 13.9 Å². The van der Waals surface area contributed by atoms with Crippen molar-refractivity contribution in [1.29, 1.82) is 0 Å². The molecule has 166 valence electrons. The lowest BCUT2D eigenvalue weighted by atomic mass is 9.92. The molecule has 4 rings (SSSR count). The summed E-state index contributed by atoms with van der Waals surface area (Å²) < 4.78 is 11.0. The Morgan fingerprint density at radius 2 is 1.97 bits per heavy atom. The Balaban J connectivity index is 1.14. The van der Waals surface area contributed by atoms with Crippen LogP contribution in [0, 0.1) is 5.92 Å². The van der Waals surface area contributed by atoms with Crippen LogP contribution in [0.4, 0.5) is 0 Å². The van der Waals surface area contributed by atoms with Crippen molar-refractivity contribution in [2.75, 3.05) is 45.9 Å². The minimum Gasteiger partial charge on any atom is -0.465 e. The van der Waals surface area contributed by atoms with Crippen molar-refractivity contribution in [2.24, 2.45) is 5.92 Å². The smallest absolute Gasteiger partial charge is 0.223 e. The van der Waals surface area contributed by atoms with Gasteiger partial charge in [-0.05, 0) is 89.8 Å². The minimum absolute atomic E-state index is 0.178. The van der Waals surface area contributed by atoms with Gasteiger partial charge in [-0.25, -0.2) is 0 Å². The third-order valence-electron chi connectivity index (χ3n) is 6.91. The summed E-state index contributed by atoms with van der Waals surface area (Å²) in [5, 5.41) is 3.13. The van der Waals surface area contributed by atoms with Crippen LogP contribution >= 0.6 is 0 Å². The van der Waals surface area contributed by atoms with Crippen LogP contribution < -0.4 is 5.32 Å². The molecular weight excluding hydrogens is 378 g/mol. The molecular formula is C24H37N3O3. The van der Waals surface area contributed by atoms with Gasteiger partial charge in [-0.2, -0.15) is 0 Å². The maximum atomic E-state index is 12.5. The normalized spacial score (nSPS) is 25.6. The summed E-state index contributed by atoms with van der Waals surface area (Å²) in [6.45, 7) is 9.14. The first-order valence-corrected chi connectivity index (χ1v) is 11.7. The van der Waals surface area contributed by atoms with E-state index in [2.05, 4.69) is 28.1 Å². The average molecular weight is 416 g/mol. The van der Waals surface area contributed by atoms with Gasteiger partial charge in [-0.15, -0.1) is 0 Å². The summed E-state index contributed by atoms with van der Waals surface area (Å²) in [4.78, 5) is 17.7. The van der Waals surface area contributed by atoms with E-state index in [-0.39, 0.29) is 17.9 Å². The first-order chi connectivity index (χ1) is 14.7. The predicted octanol–water partition coefficient (Wildman–Crippen LogP) is 3.15. The predicted molar refractivity (Wildman–Crippen MR) is 118 cm³/mol. The first kappa shape index (κ1) is 21.6. The minimum atomic E-state index is 0.178. The molecule has 0 unspecified atom stereocenters. The van der Waals surface area contributed by atoms with Crippen LogP contribution in [0.1, 0.15) is 51.2 Å². The van der Waals surface area contributed by atoms with Crippen molar-refractivity contribution >= 4 is 12.0 Å². The molecule has 0 saturated carbocycles. The largest absolute Gasteiger partial charge is 0.465 e. The van der Waals surface area contributed by atoms with Gasteiger partial charge in [0.05, 0.1) is 12.4 Å². The van der Waals surface area contributed by atoms with E-state index in [1.807, 2.05) is 12.1 Å². The SMILES string of the molecule is C/C(=C\c1ccco1)CN1CCC(N2CCC(C(=O)NC[C@@H]3CCCO3)CC2)CC1. The Morgan fingerprint density at radius 3 is 2.63 bits per heavy atom. The Labute approximate surface area is 180 Å². The summed E-state index contributed by atoms with van der Waals surface area (Å²) in [6, 6.07) is 4.61. The molecule has 3 fully saturated rings. The van der Waals surface area contributed by atoms with Crippen molar-refractivity contribution in [3.05, 3.63) is 29.7 Å². The van der Waals surface area contributed by atoms with Crippen molar-refractivity contribution in [1.82, 2.24) is 15.1 Å². The van der Waals surface area contributed by atoms with E-state index in [0.29, 0.717) is 12.6 Å². The fourth-order valence-electron chi connectivity index (χ4n) is 5.15. The maximum absolute atomic E-state index is 12.5. The van der Waals surface area contributed by atoms with Crippen LogP contribution in [-0.4, -0.2) is 73.7 Å². The second-order valence-electron chi connectivity index (χ2n) is 9.20. The quantitative estimate of drug-likeness (QED) is 0.741. The fourth-order valence-corrected chi connectivity index (χ4v) is 5.15. The van der Waals surface area contributed by atoms with E-state index < -0.39 is 0 Å². The molecule has 6 nitrogen and oxygen atoms in total. The maximum Gasteiger partial charge on any atom is 0.223 e. The molecule has 3 saturated heterocycles. The summed E-state index contributed by atoms with van der Waals surface area (Å²) in [7, 11) is 0. The highest BCUT2D eigenvalue weighted by molar-refractivity contribution is 5.78. The number of carbonyl (C=O) groups excluding carboxylic acids is 1. The lowest BCUT2D eigenvalue weighted by Crippen LogP contribution is -2.49. The van der Waals surface area contributed by atoms with Crippen LogP contribution in [0.25, 0.3) is 6.08 Å². The molecule has 4 heterocycles. The third kappa shape index (κ3) is 5.96. The lowest BCUT2D eigenvalue weighted by molar-refractivity contribution is -0.127. The number of likely N-dealkylation sites (tertiary alicyclic amines) is 2. The molecule has 0 radical (unpaired) electrons. The number of hydrogen-bond donors (Lipinski definition) is 1. The monoisotopic (exact) mass is 415 g/mol. The van der Waals surface area contributed by atoms with Gasteiger partial charge in [0, 0.05) is 31.7 Å². The highest BCUT2D eigenvalue weighted by Gasteiger charge is 2.31. The van der Waals surface area contributed by atoms with E-state index in [1.165, 1.54) is 18.4 Å². The second-order valence-corrected chi connectivity index (χ2v) is 9.20. The molecule has 1 aromatic rings. The van der Waals surface area contributed by atoms with Crippen LogP contribution in [0.2, 0.25) is 0 Å². The van der Waals surface area contributed by atoms with Crippen molar-refractivity contribution in [2.45, 2.75) is 57.6 Å².